The van der Waals surface area contributed by atoms with Crippen molar-refractivity contribution in [3.63, 3.8) is 0 Å². The van der Waals surface area contributed by atoms with Crippen LogP contribution >= 0.6 is 24.0 Å². The summed E-state index contributed by atoms with van der Waals surface area (Å²) in [6, 6.07) is 4.31. The van der Waals surface area contributed by atoms with Crippen molar-refractivity contribution < 1.29 is 8.78 Å². The highest BCUT2D eigenvalue weighted by Gasteiger charge is 2.23. The molecule has 2 heterocycles. The maximum Gasteiger partial charge on any atom is 0.191 e. The highest BCUT2D eigenvalue weighted by molar-refractivity contribution is 14.0. The second-order valence-electron chi connectivity index (χ2n) is 8.44. The summed E-state index contributed by atoms with van der Waals surface area (Å²) in [7, 11) is 1.97. The number of hydrogen-bond donors (Lipinski definition) is 2. The zero-order valence-electron chi connectivity index (χ0n) is 19.6. The second kappa shape index (κ2) is 11.8. The third-order valence-electron chi connectivity index (χ3n) is 5.96. The lowest BCUT2D eigenvalue weighted by Crippen LogP contribution is -2.43. The average Bonchev–Trinajstić information content (AvgIpc) is 3.29. The fourth-order valence-electron chi connectivity index (χ4n) is 4.14. The summed E-state index contributed by atoms with van der Waals surface area (Å²) in [4.78, 5) is 6.90. The van der Waals surface area contributed by atoms with E-state index in [4.69, 9.17) is 4.99 Å². The van der Waals surface area contributed by atoms with Crippen molar-refractivity contribution >= 4 is 35.6 Å². The number of aromatic nitrogens is 2. The number of guanidine groups is 1. The van der Waals surface area contributed by atoms with Crippen LogP contribution in [0.15, 0.2) is 23.2 Å². The summed E-state index contributed by atoms with van der Waals surface area (Å²) in [6.07, 6.45) is 1.86. The van der Waals surface area contributed by atoms with E-state index in [1.807, 2.05) is 18.7 Å². The average molecular weight is 560 g/mol. The molecule has 6 nitrogen and oxygen atoms in total. The SMILES string of the molecule is CCNC(=NCC1CCN(c2ccc(F)c(F)c2)C1)NC(C)Cc1c(C)nn(C)c1C.I. The molecule has 1 fully saturated rings. The molecule has 0 radical (unpaired) electrons. The summed E-state index contributed by atoms with van der Waals surface area (Å²) in [5.74, 6) is -0.427. The molecule has 1 aliphatic rings. The first-order valence-corrected chi connectivity index (χ1v) is 11.0. The number of benzene rings is 1. The first-order valence-electron chi connectivity index (χ1n) is 11.0. The van der Waals surface area contributed by atoms with Gasteiger partial charge in [-0.3, -0.25) is 9.67 Å². The molecule has 1 aliphatic heterocycles. The largest absolute Gasteiger partial charge is 0.371 e. The standard InChI is InChI=1S/C23H34F2N6.HI/c1-6-26-23(28-15(2)11-20-16(3)29-30(5)17(20)4)27-13-18-9-10-31(14-18)19-7-8-21(24)22(25)12-19;/h7-8,12,15,18H,6,9-11,13-14H2,1-5H3,(H2,26,27,28);1H. The fraction of sp³-hybridized carbons (Fsp3) is 0.565. The molecule has 2 atom stereocenters. The van der Waals surface area contributed by atoms with Crippen molar-refractivity contribution in [1.29, 1.82) is 0 Å². The molecule has 32 heavy (non-hydrogen) atoms. The van der Waals surface area contributed by atoms with Gasteiger partial charge in [0.15, 0.2) is 17.6 Å². The van der Waals surface area contributed by atoms with Crippen molar-refractivity contribution in [1.82, 2.24) is 20.4 Å². The summed E-state index contributed by atoms with van der Waals surface area (Å²) in [6.45, 7) is 11.4. The number of halogens is 3. The molecule has 0 spiro atoms. The molecule has 0 aliphatic carbocycles. The fourth-order valence-corrected chi connectivity index (χ4v) is 4.14. The Balaban J connectivity index is 0.00000363. The molecule has 2 N–H and O–H groups in total. The van der Waals surface area contributed by atoms with Gasteiger partial charge in [0.25, 0.3) is 0 Å². The minimum absolute atomic E-state index is 0. The zero-order chi connectivity index (χ0) is 22.5. The van der Waals surface area contributed by atoms with Crippen molar-refractivity contribution in [2.45, 2.75) is 46.6 Å². The van der Waals surface area contributed by atoms with E-state index in [1.54, 1.807) is 6.07 Å². The molecule has 0 bridgehead atoms. The monoisotopic (exact) mass is 560 g/mol. The molecule has 1 aromatic heterocycles. The maximum absolute atomic E-state index is 13.6. The van der Waals surface area contributed by atoms with Gasteiger partial charge in [0.2, 0.25) is 0 Å². The third kappa shape index (κ3) is 6.55. The zero-order valence-corrected chi connectivity index (χ0v) is 21.9. The normalized spacial score (nSPS) is 17.3. The van der Waals surface area contributed by atoms with Crippen LogP contribution in [0.25, 0.3) is 0 Å². The van der Waals surface area contributed by atoms with Gasteiger partial charge in [0.05, 0.1) is 5.69 Å². The van der Waals surface area contributed by atoms with Crippen molar-refractivity contribution in [3.8, 4) is 0 Å². The molecule has 1 aromatic carbocycles. The van der Waals surface area contributed by atoms with Gasteiger partial charge in [0, 0.05) is 56.7 Å². The quantitative estimate of drug-likeness (QED) is 0.306. The van der Waals surface area contributed by atoms with E-state index in [0.29, 0.717) is 12.5 Å². The van der Waals surface area contributed by atoms with Gasteiger partial charge in [-0.1, -0.05) is 0 Å². The first-order chi connectivity index (χ1) is 14.8. The van der Waals surface area contributed by atoms with Gasteiger partial charge < -0.3 is 15.5 Å². The molecule has 0 saturated carbocycles. The van der Waals surface area contributed by atoms with E-state index in [0.717, 1.165) is 49.8 Å². The van der Waals surface area contributed by atoms with Gasteiger partial charge in [0.1, 0.15) is 0 Å². The maximum atomic E-state index is 13.6. The number of aliphatic imine (C=N–C) groups is 1. The second-order valence-corrected chi connectivity index (χ2v) is 8.44. The summed E-state index contributed by atoms with van der Waals surface area (Å²) in [5, 5.41) is 11.3. The third-order valence-corrected chi connectivity index (χ3v) is 5.96. The summed E-state index contributed by atoms with van der Waals surface area (Å²) < 4.78 is 28.7. The van der Waals surface area contributed by atoms with Crippen molar-refractivity contribution in [3.05, 3.63) is 46.8 Å². The Morgan fingerprint density at radius 3 is 2.66 bits per heavy atom. The smallest absolute Gasteiger partial charge is 0.191 e. The van der Waals surface area contributed by atoms with E-state index in [2.05, 4.69) is 41.4 Å². The van der Waals surface area contributed by atoms with Crippen molar-refractivity contribution in [2.24, 2.45) is 18.0 Å². The van der Waals surface area contributed by atoms with Crippen LogP contribution in [0.2, 0.25) is 0 Å². The lowest BCUT2D eigenvalue weighted by Gasteiger charge is -2.20. The Kier molecular flexibility index (Phi) is 9.72. The Morgan fingerprint density at radius 2 is 2.03 bits per heavy atom. The lowest BCUT2D eigenvalue weighted by atomic mass is 10.1. The molecular weight excluding hydrogens is 525 g/mol. The number of hydrogen-bond acceptors (Lipinski definition) is 3. The van der Waals surface area contributed by atoms with E-state index in [-0.39, 0.29) is 30.0 Å². The number of rotatable bonds is 7. The van der Waals surface area contributed by atoms with Gasteiger partial charge in [-0.25, -0.2) is 8.78 Å². The Bertz CT molecular complexity index is 929. The molecular formula is C23H35F2IN6. The van der Waals surface area contributed by atoms with Crippen LogP contribution in [-0.2, 0) is 13.5 Å². The van der Waals surface area contributed by atoms with Crippen LogP contribution < -0.4 is 15.5 Å². The molecule has 3 rings (SSSR count). The van der Waals surface area contributed by atoms with E-state index < -0.39 is 11.6 Å². The number of nitrogens with zero attached hydrogens (tertiary/aromatic N) is 4. The first kappa shape index (κ1) is 26.3. The Hall–Kier alpha value is -1.91. The molecule has 178 valence electrons. The predicted molar refractivity (Wildman–Crippen MR) is 137 cm³/mol. The number of aryl methyl sites for hydroxylation is 2. The molecule has 0 amide bonds. The Morgan fingerprint density at radius 1 is 1.28 bits per heavy atom. The number of anilines is 1. The van der Waals surface area contributed by atoms with Gasteiger partial charge >= 0.3 is 0 Å². The lowest BCUT2D eigenvalue weighted by molar-refractivity contribution is 0.508. The molecule has 1 saturated heterocycles. The van der Waals surface area contributed by atoms with Crippen LogP contribution in [0.4, 0.5) is 14.5 Å². The van der Waals surface area contributed by atoms with Crippen molar-refractivity contribution in [2.75, 3.05) is 31.1 Å². The van der Waals surface area contributed by atoms with E-state index >= 15 is 0 Å². The number of nitrogens with one attached hydrogen (secondary N) is 2. The topological polar surface area (TPSA) is 57.5 Å². The van der Waals surface area contributed by atoms with Crippen LogP contribution in [-0.4, -0.2) is 48.0 Å². The van der Waals surface area contributed by atoms with Gasteiger partial charge in [-0.15, -0.1) is 24.0 Å². The molecule has 2 unspecified atom stereocenters. The van der Waals surface area contributed by atoms with E-state index in [1.165, 1.54) is 23.4 Å². The Labute approximate surface area is 206 Å². The predicted octanol–water partition coefficient (Wildman–Crippen LogP) is 3.95. The van der Waals surface area contributed by atoms with Gasteiger partial charge in [-0.05, 0) is 64.2 Å². The van der Waals surface area contributed by atoms with Crippen LogP contribution in [0.1, 0.15) is 37.2 Å². The van der Waals surface area contributed by atoms with Crippen LogP contribution in [0.3, 0.4) is 0 Å². The molecule has 9 heteroatoms. The summed E-state index contributed by atoms with van der Waals surface area (Å²) >= 11 is 0. The van der Waals surface area contributed by atoms with Crippen LogP contribution in [0.5, 0.6) is 0 Å². The minimum atomic E-state index is -0.809. The highest BCUT2D eigenvalue weighted by Crippen LogP contribution is 2.25. The highest BCUT2D eigenvalue weighted by atomic mass is 127. The van der Waals surface area contributed by atoms with E-state index in [9.17, 15) is 8.78 Å². The molecule has 2 aromatic rings. The minimum Gasteiger partial charge on any atom is -0.371 e. The van der Waals surface area contributed by atoms with Gasteiger partial charge in [-0.2, -0.15) is 5.10 Å². The van der Waals surface area contributed by atoms with Crippen LogP contribution in [0, 0.1) is 31.4 Å². The summed E-state index contributed by atoms with van der Waals surface area (Å²) in [5.41, 5.74) is 4.26.